The van der Waals surface area contributed by atoms with Crippen LogP contribution in [0, 0.1) is 0 Å². The van der Waals surface area contributed by atoms with E-state index in [-0.39, 0.29) is 5.56 Å². The maximum atomic E-state index is 12.8. The van der Waals surface area contributed by atoms with Gasteiger partial charge in [0.25, 0.3) is 0 Å². The van der Waals surface area contributed by atoms with Crippen LogP contribution < -0.4 is 4.74 Å². The van der Waals surface area contributed by atoms with Crippen molar-refractivity contribution in [2.75, 3.05) is 32.7 Å². The summed E-state index contributed by atoms with van der Waals surface area (Å²) in [6.45, 7) is 3.02. The van der Waals surface area contributed by atoms with Crippen LogP contribution in [0.2, 0.25) is 0 Å². The Bertz CT molecular complexity index is 1460. The summed E-state index contributed by atoms with van der Waals surface area (Å²) in [4.78, 5) is 13.8. The van der Waals surface area contributed by atoms with E-state index >= 15 is 0 Å². The molecule has 5 rings (SSSR count). The number of ether oxygens (including phenoxy) is 1. The van der Waals surface area contributed by atoms with Crippen molar-refractivity contribution in [1.82, 2.24) is 9.21 Å². The molecule has 1 fully saturated rings. The first-order chi connectivity index (χ1) is 17.9. The van der Waals surface area contributed by atoms with Gasteiger partial charge in [-0.3, -0.25) is 4.90 Å². The topological polar surface area (TPSA) is 87.2 Å². The van der Waals surface area contributed by atoms with Crippen LogP contribution in [0.1, 0.15) is 32.6 Å². The molecule has 7 nitrogen and oxygen atoms in total. The molecule has 0 bridgehead atoms. The number of hydrogen-bond acceptors (Lipinski definition) is 5. The van der Waals surface area contributed by atoms with Crippen LogP contribution in [-0.2, 0) is 16.6 Å². The lowest BCUT2D eigenvalue weighted by atomic mass is 9.93. The first kappa shape index (κ1) is 25.0. The fourth-order valence-electron chi connectivity index (χ4n) is 4.63. The van der Waals surface area contributed by atoms with E-state index in [1.807, 2.05) is 54.6 Å². The molecule has 8 heteroatoms. The number of nitrogens with zero attached hydrogens (tertiary/aromatic N) is 2. The Morgan fingerprint density at radius 1 is 0.919 bits per heavy atom. The number of benzene rings is 3. The minimum atomic E-state index is -3.50. The minimum Gasteiger partial charge on any atom is -0.488 e. The van der Waals surface area contributed by atoms with E-state index in [4.69, 9.17) is 4.74 Å². The Morgan fingerprint density at radius 3 is 2.41 bits per heavy atom. The van der Waals surface area contributed by atoms with Crippen LogP contribution in [0.3, 0.4) is 0 Å². The molecule has 0 aromatic heterocycles. The summed E-state index contributed by atoms with van der Waals surface area (Å²) < 4.78 is 33.2. The Balaban J connectivity index is 1.33. The van der Waals surface area contributed by atoms with E-state index in [0.29, 0.717) is 45.1 Å². The highest BCUT2D eigenvalue weighted by molar-refractivity contribution is 7.92. The number of rotatable bonds is 6. The number of piperazine rings is 1. The Morgan fingerprint density at radius 2 is 1.65 bits per heavy atom. The predicted molar refractivity (Wildman–Crippen MR) is 144 cm³/mol. The number of fused-ring (bicyclic) bond motifs is 2. The van der Waals surface area contributed by atoms with Crippen LogP contribution in [0.15, 0.2) is 84.3 Å². The average Bonchev–Trinajstić information content (AvgIpc) is 3.08. The van der Waals surface area contributed by atoms with Crippen LogP contribution in [-0.4, -0.2) is 61.4 Å². The molecule has 0 atom stereocenters. The molecular weight excluding hydrogens is 488 g/mol. The Kier molecular flexibility index (Phi) is 7.23. The van der Waals surface area contributed by atoms with Gasteiger partial charge in [-0.2, -0.15) is 4.31 Å². The normalized spacial score (nSPS) is 17.7. The Hall–Kier alpha value is -3.72. The molecule has 2 aliphatic rings. The number of sulfonamides is 1. The SMILES string of the molecule is O=C(O)c1ccc2c(c1)/C(=C\CN1CCN(S(=O)(=O)/C=C/c3ccccc3)CC1)c1ccccc1CO2. The van der Waals surface area contributed by atoms with Gasteiger partial charge in [0.1, 0.15) is 12.4 Å². The summed E-state index contributed by atoms with van der Waals surface area (Å²) in [5.41, 5.74) is 4.76. The fourth-order valence-corrected chi connectivity index (χ4v) is 5.80. The predicted octanol–water partition coefficient (Wildman–Crippen LogP) is 4.33. The monoisotopic (exact) mass is 516 g/mol. The van der Waals surface area contributed by atoms with Crippen molar-refractivity contribution in [3.8, 4) is 5.75 Å². The Labute approximate surface area is 217 Å². The third kappa shape index (κ3) is 5.67. The number of hydrogen-bond donors (Lipinski definition) is 1. The highest BCUT2D eigenvalue weighted by Crippen LogP contribution is 2.37. The van der Waals surface area contributed by atoms with E-state index in [2.05, 4.69) is 11.0 Å². The zero-order valence-corrected chi connectivity index (χ0v) is 21.1. The van der Waals surface area contributed by atoms with Gasteiger partial charge in [0.05, 0.1) is 5.56 Å². The molecule has 0 aliphatic carbocycles. The van der Waals surface area contributed by atoms with Gasteiger partial charge in [0.15, 0.2) is 0 Å². The summed E-state index contributed by atoms with van der Waals surface area (Å²) in [5.74, 6) is -0.341. The van der Waals surface area contributed by atoms with E-state index in [1.54, 1.807) is 24.3 Å². The van der Waals surface area contributed by atoms with Crippen LogP contribution >= 0.6 is 0 Å². The molecule has 37 heavy (non-hydrogen) atoms. The summed E-state index contributed by atoms with van der Waals surface area (Å²) in [7, 11) is -3.50. The van der Waals surface area contributed by atoms with E-state index in [1.165, 1.54) is 9.71 Å². The fraction of sp³-hybridized carbons (Fsp3) is 0.207. The van der Waals surface area contributed by atoms with Gasteiger partial charge in [-0.1, -0.05) is 60.7 Å². The molecule has 0 saturated carbocycles. The van der Waals surface area contributed by atoms with E-state index in [9.17, 15) is 18.3 Å². The lowest BCUT2D eigenvalue weighted by Gasteiger charge is -2.32. The lowest BCUT2D eigenvalue weighted by Crippen LogP contribution is -2.48. The number of carboxylic acids is 1. The zero-order chi connectivity index (χ0) is 25.8. The maximum Gasteiger partial charge on any atom is 0.335 e. The third-order valence-electron chi connectivity index (χ3n) is 6.68. The third-order valence-corrected chi connectivity index (χ3v) is 8.25. The summed E-state index contributed by atoms with van der Waals surface area (Å²) in [6, 6.07) is 22.3. The molecule has 2 heterocycles. The van der Waals surface area contributed by atoms with Crippen LogP contribution in [0.25, 0.3) is 11.6 Å². The van der Waals surface area contributed by atoms with Crippen molar-refractivity contribution in [1.29, 1.82) is 0 Å². The zero-order valence-electron chi connectivity index (χ0n) is 20.3. The van der Waals surface area contributed by atoms with Gasteiger partial charge in [-0.15, -0.1) is 0 Å². The molecular formula is C29H28N2O5S. The van der Waals surface area contributed by atoms with Crippen molar-refractivity contribution in [3.05, 3.63) is 112 Å². The molecule has 1 N–H and O–H groups in total. The molecule has 0 spiro atoms. The molecule has 1 saturated heterocycles. The average molecular weight is 517 g/mol. The smallest absolute Gasteiger partial charge is 0.335 e. The van der Waals surface area contributed by atoms with E-state index in [0.717, 1.165) is 27.8 Å². The first-order valence-electron chi connectivity index (χ1n) is 12.2. The molecule has 2 aliphatic heterocycles. The van der Waals surface area contributed by atoms with Crippen LogP contribution in [0.5, 0.6) is 5.75 Å². The maximum absolute atomic E-state index is 12.8. The van der Waals surface area contributed by atoms with Gasteiger partial charge in [-0.05, 0) is 46.5 Å². The summed E-state index contributed by atoms with van der Waals surface area (Å²) >= 11 is 0. The van der Waals surface area contributed by atoms with Gasteiger partial charge in [-0.25, -0.2) is 13.2 Å². The number of carboxylic acid groups (broad SMARTS) is 1. The van der Waals surface area contributed by atoms with Gasteiger partial charge in [0.2, 0.25) is 10.0 Å². The second-order valence-corrected chi connectivity index (χ2v) is 10.9. The minimum absolute atomic E-state index is 0.204. The second kappa shape index (κ2) is 10.7. The highest BCUT2D eigenvalue weighted by atomic mass is 32.2. The lowest BCUT2D eigenvalue weighted by molar-refractivity contribution is 0.0696. The molecule has 0 unspecified atom stereocenters. The summed E-state index contributed by atoms with van der Waals surface area (Å²) in [5, 5.41) is 10.8. The van der Waals surface area contributed by atoms with Gasteiger partial charge < -0.3 is 9.84 Å². The number of carbonyl (C=O) groups is 1. The summed E-state index contributed by atoms with van der Waals surface area (Å²) in [6.07, 6.45) is 3.72. The highest BCUT2D eigenvalue weighted by Gasteiger charge is 2.25. The standard InChI is InChI=1S/C29H28N2O5S/c32-29(33)23-10-11-28-27(20-23)26(25-9-5-4-8-24(25)21-36-28)12-14-30-15-17-31(18-16-30)37(34,35)19-13-22-6-2-1-3-7-22/h1-13,19-20H,14-18,21H2,(H,32,33)/b19-13+,26-12-. The second-order valence-electron chi connectivity index (χ2n) is 9.04. The largest absolute Gasteiger partial charge is 0.488 e. The van der Waals surface area contributed by atoms with Gasteiger partial charge >= 0.3 is 5.97 Å². The van der Waals surface area contributed by atoms with Crippen molar-refractivity contribution in [2.45, 2.75) is 6.61 Å². The number of aromatic carboxylic acids is 1. The quantitative estimate of drug-likeness (QED) is 0.525. The molecule has 0 amide bonds. The first-order valence-corrected chi connectivity index (χ1v) is 13.7. The van der Waals surface area contributed by atoms with Crippen molar-refractivity contribution in [3.63, 3.8) is 0 Å². The van der Waals surface area contributed by atoms with Crippen LogP contribution in [0.4, 0.5) is 0 Å². The molecule has 0 radical (unpaired) electrons. The van der Waals surface area contributed by atoms with Crippen molar-refractivity contribution in [2.24, 2.45) is 0 Å². The molecule has 190 valence electrons. The van der Waals surface area contributed by atoms with Crippen molar-refractivity contribution < 1.29 is 23.1 Å². The van der Waals surface area contributed by atoms with E-state index < -0.39 is 16.0 Å². The van der Waals surface area contributed by atoms with Crippen molar-refractivity contribution >= 4 is 27.6 Å². The van der Waals surface area contributed by atoms with Gasteiger partial charge in [0, 0.05) is 43.7 Å². The molecule has 3 aromatic carbocycles. The molecule has 3 aromatic rings.